The van der Waals surface area contributed by atoms with Crippen molar-refractivity contribution in [2.24, 2.45) is 0 Å². The number of thiophene rings is 3. The minimum absolute atomic E-state index is 0.224. The average molecular weight is 507 g/mol. The molecule has 11 heteroatoms. The van der Waals surface area contributed by atoms with Gasteiger partial charge in [-0.1, -0.05) is 23.7 Å². The minimum atomic E-state index is -3.66. The molecule has 0 radical (unpaired) electrons. The van der Waals surface area contributed by atoms with E-state index in [4.69, 9.17) is 11.6 Å². The van der Waals surface area contributed by atoms with Crippen LogP contribution in [0.5, 0.6) is 0 Å². The molecule has 0 atom stereocenters. The van der Waals surface area contributed by atoms with Gasteiger partial charge < -0.3 is 0 Å². The van der Waals surface area contributed by atoms with Crippen molar-refractivity contribution in [3.05, 3.63) is 63.9 Å². The molecule has 0 unspecified atom stereocenters. The van der Waals surface area contributed by atoms with Gasteiger partial charge in [-0.05, 0) is 47.5 Å². The van der Waals surface area contributed by atoms with Crippen LogP contribution in [0.3, 0.4) is 0 Å². The number of aromatic nitrogens is 3. The largest absolute Gasteiger partial charge is 0.276 e. The summed E-state index contributed by atoms with van der Waals surface area (Å²) in [4.78, 5) is 6.30. The minimum Gasteiger partial charge on any atom is -0.276 e. The van der Waals surface area contributed by atoms with Gasteiger partial charge in [0.05, 0.1) is 25.7 Å². The van der Waals surface area contributed by atoms with E-state index < -0.39 is 10.0 Å². The second kappa shape index (κ2) is 8.45. The van der Waals surface area contributed by atoms with Crippen molar-refractivity contribution in [1.29, 1.82) is 0 Å². The van der Waals surface area contributed by atoms with Crippen molar-refractivity contribution in [3.8, 4) is 21.1 Å². The van der Waals surface area contributed by atoms with Crippen LogP contribution >= 0.6 is 45.6 Å². The molecule has 6 nitrogen and oxygen atoms in total. The predicted octanol–water partition coefficient (Wildman–Crippen LogP) is 5.65. The smallest absolute Gasteiger partial charge is 0.250 e. The number of nitrogens with one attached hydrogen (secondary N) is 2. The summed E-state index contributed by atoms with van der Waals surface area (Å²) in [6.45, 7) is 0.251. The van der Waals surface area contributed by atoms with E-state index in [1.54, 1.807) is 40.9 Å². The third-order valence-corrected chi connectivity index (χ3v) is 9.64. The van der Waals surface area contributed by atoms with Crippen molar-refractivity contribution < 1.29 is 8.42 Å². The molecule has 0 aliphatic heterocycles. The molecule has 0 saturated heterocycles. The summed E-state index contributed by atoms with van der Waals surface area (Å²) in [5, 5.41) is 12.0. The van der Waals surface area contributed by atoms with Gasteiger partial charge in [0.25, 0.3) is 0 Å². The molecule has 31 heavy (non-hydrogen) atoms. The molecule has 0 saturated carbocycles. The van der Waals surface area contributed by atoms with Crippen LogP contribution in [0.4, 0.5) is 0 Å². The van der Waals surface area contributed by atoms with Crippen molar-refractivity contribution in [1.82, 2.24) is 19.9 Å². The molecule has 5 aromatic rings. The van der Waals surface area contributed by atoms with Gasteiger partial charge in [0.1, 0.15) is 15.1 Å². The van der Waals surface area contributed by atoms with E-state index in [9.17, 15) is 8.42 Å². The highest BCUT2D eigenvalue weighted by Gasteiger charge is 2.21. The monoisotopic (exact) mass is 506 g/mol. The van der Waals surface area contributed by atoms with Gasteiger partial charge in [-0.2, -0.15) is 5.10 Å². The summed E-state index contributed by atoms with van der Waals surface area (Å²) in [5.74, 6) is 0. The summed E-state index contributed by atoms with van der Waals surface area (Å²) in [6.07, 6.45) is 0.505. The number of halogens is 1. The lowest BCUT2D eigenvalue weighted by atomic mass is 10.1. The Morgan fingerprint density at radius 2 is 1.84 bits per heavy atom. The molecular weight excluding hydrogens is 492 g/mol. The fraction of sp³-hybridized carbons (Fsp3) is 0.100. The average Bonchev–Trinajstić information content (AvgIpc) is 3.52. The molecule has 0 amide bonds. The normalized spacial score (nSPS) is 12.0. The standard InChI is InChI=1S/C20H15ClN4O2S4/c21-17-6-5-14-13(23-17)11-18(30-14)31(26,27)22-8-7-12-19(15-3-1-9-28-15)24-25-20(12)16-4-2-10-29-16/h1-6,9-11,22H,7-8H2,(H,24,25). The molecule has 5 aromatic heterocycles. The first-order valence-electron chi connectivity index (χ1n) is 9.22. The number of H-pyrrole nitrogens is 1. The molecule has 158 valence electrons. The molecule has 0 spiro atoms. The van der Waals surface area contributed by atoms with E-state index in [0.717, 1.165) is 31.4 Å². The van der Waals surface area contributed by atoms with Crippen LogP contribution in [0.2, 0.25) is 5.15 Å². The van der Waals surface area contributed by atoms with Crippen LogP contribution in [0.1, 0.15) is 5.56 Å². The van der Waals surface area contributed by atoms with Crippen molar-refractivity contribution in [2.45, 2.75) is 10.6 Å². The molecule has 0 aliphatic carbocycles. The van der Waals surface area contributed by atoms with E-state index in [1.807, 2.05) is 35.0 Å². The second-order valence-corrected chi connectivity index (χ2v) is 12.0. The molecule has 5 heterocycles. The quantitative estimate of drug-likeness (QED) is 0.279. The Morgan fingerprint density at radius 1 is 1.06 bits per heavy atom. The maximum Gasteiger partial charge on any atom is 0.250 e. The highest BCUT2D eigenvalue weighted by molar-refractivity contribution is 7.91. The lowest BCUT2D eigenvalue weighted by Gasteiger charge is -2.07. The third-order valence-electron chi connectivity index (χ3n) is 4.64. The van der Waals surface area contributed by atoms with E-state index in [-0.39, 0.29) is 10.8 Å². The molecular formula is C20H15ClN4O2S4. The number of aromatic amines is 1. The van der Waals surface area contributed by atoms with Gasteiger partial charge in [-0.15, -0.1) is 34.0 Å². The van der Waals surface area contributed by atoms with Gasteiger partial charge in [-0.3, -0.25) is 5.10 Å². The number of sulfonamides is 1. The first-order valence-corrected chi connectivity index (χ1v) is 13.7. The van der Waals surface area contributed by atoms with Gasteiger partial charge in [-0.25, -0.2) is 18.1 Å². The number of rotatable bonds is 7. The molecule has 5 rings (SSSR count). The predicted molar refractivity (Wildman–Crippen MR) is 129 cm³/mol. The van der Waals surface area contributed by atoms with E-state index in [1.165, 1.54) is 11.3 Å². The summed E-state index contributed by atoms with van der Waals surface area (Å²) < 4.78 is 29.4. The molecule has 0 fully saturated rings. The van der Waals surface area contributed by atoms with Gasteiger partial charge >= 0.3 is 0 Å². The maximum absolute atomic E-state index is 12.9. The number of hydrogen-bond donors (Lipinski definition) is 2. The Labute approximate surface area is 195 Å². The Morgan fingerprint density at radius 3 is 2.58 bits per heavy atom. The van der Waals surface area contributed by atoms with Crippen molar-refractivity contribution in [3.63, 3.8) is 0 Å². The van der Waals surface area contributed by atoms with Gasteiger partial charge in [0, 0.05) is 12.1 Å². The Balaban J connectivity index is 1.39. The first-order chi connectivity index (χ1) is 15.0. The first kappa shape index (κ1) is 20.8. The fourth-order valence-corrected chi connectivity index (χ4v) is 7.28. The van der Waals surface area contributed by atoms with E-state index in [0.29, 0.717) is 17.1 Å². The van der Waals surface area contributed by atoms with Gasteiger partial charge in [0.2, 0.25) is 10.0 Å². The Hall–Kier alpha value is -2.08. The number of pyridine rings is 1. The van der Waals surface area contributed by atoms with Crippen molar-refractivity contribution in [2.75, 3.05) is 6.54 Å². The molecule has 0 aliphatic rings. The van der Waals surface area contributed by atoms with Crippen LogP contribution in [-0.4, -0.2) is 30.1 Å². The summed E-state index contributed by atoms with van der Waals surface area (Å²) in [7, 11) is -3.66. The zero-order valence-corrected chi connectivity index (χ0v) is 19.9. The highest BCUT2D eigenvalue weighted by Crippen LogP contribution is 2.35. The fourth-order valence-electron chi connectivity index (χ4n) is 3.24. The second-order valence-electron chi connectivity index (χ2n) is 6.61. The summed E-state index contributed by atoms with van der Waals surface area (Å²) in [6, 6.07) is 13.0. The van der Waals surface area contributed by atoms with E-state index >= 15 is 0 Å². The van der Waals surface area contributed by atoms with Gasteiger partial charge in [0.15, 0.2) is 0 Å². The number of hydrogen-bond acceptors (Lipinski definition) is 7. The zero-order valence-electron chi connectivity index (χ0n) is 15.8. The number of nitrogens with zero attached hydrogens (tertiary/aromatic N) is 2. The van der Waals surface area contributed by atoms with Crippen LogP contribution in [-0.2, 0) is 16.4 Å². The Bertz CT molecular complexity index is 1390. The SMILES string of the molecule is O=S(=O)(NCCc1c(-c2cccs2)n[nH]c1-c1cccs1)c1cc2nc(Cl)ccc2s1. The van der Waals surface area contributed by atoms with Crippen LogP contribution < -0.4 is 4.72 Å². The summed E-state index contributed by atoms with van der Waals surface area (Å²) >= 11 is 10.3. The number of fused-ring (bicyclic) bond motifs is 1. The molecule has 2 N–H and O–H groups in total. The topological polar surface area (TPSA) is 87.7 Å². The zero-order chi connectivity index (χ0) is 21.4. The lowest BCUT2D eigenvalue weighted by molar-refractivity contribution is 0.584. The summed E-state index contributed by atoms with van der Waals surface area (Å²) in [5.41, 5.74) is 3.36. The highest BCUT2D eigenvalue weighted by atomic mass is 35.5. The van der Waals surface area contributed by atoms with Crippen LogP contribution in [0.15, 0.2) is 57.4 Å². The van der Waals surface area contributed by atoms with Crippen molar-refractivity contribution >= 4 is 65.9 Å². The van der Waals surface area contributed by atoms with Crippen LogP contribution in [0.25, 0.3) is 31.4 Å². The molecule has 0 aromatic carbocycles. The van der Waals surface area contributed by atoms with E-state index in [2.05, 4.69) is 19.9 Å². The maximum atomic E-state index is 12.9. The molecule has 0 bridgehead atoms. The lowest BCUT2D eigenvalue weighted by Crippen LogP contribution is -2.25. The van der Waals surface area contributed by atoms with Crippen LogP contribution in [0, 0.1) is 0 Å². The Kier molecular flexibility index (Phi) is 5.67. The third kappa shape index (κ3) is 4.19.